The molecule has 0 saturated heterocycles. The molecule has 1 aromatic rings. The zero-order valence-electron chi connectivity index (χ0n) is 10.6. The molecular formula is C12H8F6N2O2. The largest absolute Gasteiger partial charge is 0.411 e. The highest BCUT2D eigenvalue weighted by Crippen LogP contribution is 2.54. The first kappa shape index (κ1) is 17.6. The molecule has 120 valence electrons. The highest BCUT2D eigenvalue weighted by molar-refractivity contribution is 5.68. The summed E-state index contributed by atoms with van der Waals surface area (Å²) in [6, 6.07) is 3.34. The van der Waals surface area contributed by atoms with Crippen molar-refractivity contribution in [3.8, 4) is 11.8 Å². The van der Waals surface area contributed by atoms with Crippen LogP contribution in [0.5, 0.6) is 5.75 Å². The van der Waals surface area contributed by atoms with Crippen molar-refractivity contribution in [2.45, 2.75) is 24.2 Å². The molecule has 0 aromatic heterocycles. The molecule has 0 saturated carbocycles. The van der Waals surface area contributed by atoms with Gasteiger partial charge in [-0.2, -0.15) is 31.6 Å². The molecule has 0 unspecified atom stereocenters. The van der Waals surface area contributed by atoms with Crippen molar-refractivity contribution in [1.29, 1.82) is 5.26 Å². The zero-order chi connectivity index (χ0) is 17.2. The lowest BCUT2D eigenvalue weighted by molar-refractivity contribution is -0.302. The first-order valence-corrected chi connectivity index (χ1v) is 5.54. The van der Waals surface area contributed by atoms with Crippen molar-refractivity contribution in [2.75, 3.05) is 0 Å². The number of benzene rings is 1. The van der Waals surface area contributed by atoms with Crippen LogP contribution in [0.1, 0.15) is 12.0 Å². The van der Waals surface area contributed by atoms with Crippen LogP contribution in [0.25, 0.3) is 0 Å². The molecule has 0 heterocycles. The number of nitrogens with zero attached hydrogens (tertiary/aromatic N) is 1. The number of halogens is 6. The average molecular weight is 326 g/mol. The van der Waals surface area contributed by atoms with Gasteiger partial charge in [0.2, 0.25) is 0 Å². The van der Waals surface area contributed by atoms with Gasteiger partial charge in [-0.1, -0.05) is 12.1 Å². The summed E-state index contributed by atoms with van der Waals surface area (Å²) >= 11 is 0. The van der Waals surface area contributed by atoms with E-state index in [0.717, 1.165) is 18.2 Å². The molecule has 0 aliphatic rings. The van der Waals surface area contributed by atoms with Gasteiger partial charge < -0.3 is 10.5 Å². The first-order chi connectivity index (χ1) is 9.95. The Kier molecular flexibility index (Phi) is 4.60. The third-order valence-electron chi connectivity index (χ3n) is 2.88. The van der Waals surface area contributed by atoms with Gasteiger partial charge in [0.15, 0.2) is 5.41 Å². The molecule has 0 fully saturated rings. The standard InChI is InChI=1S/C12H8F6N2O2/c13-11(14,15)10(5-6-19,12(16,17)18)7-1-3-8(4-2-7)22-9(20)21/h1-4H,5H2,(H2,20,21). The number of ether oxygens (including phenoxy) is 1. The van der Waals surface area contributed by atoms with Crippen LogP contribution in [0.15, 0.2) is 24.3 Å². The van der Waals surface area contributed by atoms with E-state index in [0.29, 0.717) is 12.1 Å². The lowest BCUT2D eigenvalue weighted by Crippen LogP contribution is -2.53. The summed E-state index contributed by atoms with van der Waals surface area (Å²) in [6.45, 7) is 0. The Balaban J connectivity index is 3.46. The van der Waals surface area contributed by atoms with Gasteiger partial charge in [-0.3, -0.25) is 0 Å². The molecule has 1 amide bonds. The van der Waals surface area contributed by atoms with Gasteiger partial charge in [-0.05, 0) is 17.7 Å². The van der Waals surface area contributed by atoms with E-state index in [-0.39, 0.29) is 5.75 Å². The summed E-state index contributed by atoms with van der Waals surface area (Å²) in [6.07, 6.45) is -14.6. The fourth-order valence-electron chi connectivity index (χ4n) is 1.83. The highest BCUT2D eigenvalue weighted by atomic mass is 19.4. The van der Waals surface area contributed by atoms with E-state index >= 15 is 0 Å². The van der Waals surface area contributed by atoms with Crippen molar-refractivity contribution in [3.05, 3.63) is 29.8 Å². The van der Waals surface area contributed by atoms with E-state index in [2.05, 4.69) is 10.5 Å². The van der Waals surface area contributed by atoms with Crippen LogP contribution in [0.4, 0.5) is 31.1 Å². The molecule has 0 atom stereocenters. The summed E-state index contributed by atoms with van der Waals surface area (Å²) in [4.78, 5) is 10.5. The molecule has 0 aliphatic carbocycles. The molecule has 0 radical (unpaired) electrons. The normalized spacial score (nSPS) is 12.6. The Morgan fingerprint density at radius 3 is 1.86 bits per heavy atom. The van der Waals surface area contributed by atoms with E-state index in [1.165, 1.54) is 0 Å². The van der Waals surface area contributed by atoms with Crippen LogP contribution in [0, 0.1) is 11.3 Å². The monoisotopic (exact) mass is 326 g/mol. The Labute approximate surface area is 120 Å². The van der Waals surface area contributed by atoms with Crippen molar-refractivity contribution < 1.29 is 35.9 Å². The van der Waals surface area contributed by atoms with E-state index < -0.39 is 35.8 Å². The van der Waals surface area contributed by atoms with Gasteiger partial charge in [-0.15, -0.1) is 0 Å². The Morgan fingerprint density at radius 1 is 1.09 bits per heavy atom. The maximum Gasteiger partial charge on any atom is 0.409 e. The molecule has 0 spiro atoms. The topological polar surface area (TPSA) is 76.1 Å². The number of nitriles is 1. The first-order valence-electron chi connectivity index (χ1n) is 5.54. The SMILES string of the molecule is N#CCC(c1ccc(OC(N)=O)cc1)(C(F)(F)F)C(F)(F)F. The van der Waals surface area contributed by atoms with Gasteiger partial charge in [0.05, 0.1) is 12.5 Å². The average Bonchev–Trinajstić information content (AvgIpc) is 2.33. The van der Waals surface area contributed by atoms with E-state index in [4.69, 9.17) is 5.26 Å². The number of nitrogens with two attached hydrogens (primary N) is 1. The lowest BCUT2D eigenvalue weighted by atomic mass is 9.76. The second kappa shape index (κ2) is 5.75. The number of primary amides is 1. The smallest absolute Gasteiger partial charge is 0.409 e. The third-order valence-corrected chi connectivity index (χ3v) is 2.88. The summed E-state index contributed by atoms with van der Waals surface area (Å²) in [5.74, 6) is -0.327. The maximum atomic E-state index is 13.1. The van der Waals surface area contributed by atoms with Gasteiger partial charge in [0.1, 0.15) is 5.75 Å². The van der Waals surface area contributed by atoms with Crippen molar-refractivity contribution >= 4 is 6.09 Å². The van der Waals surface area contributed by atoms with E-state index in [1.807, 2.05) is 0 Å². The van der Waals surface area contributed by atoms with Crippen LogP contribution in [-0.4, -0.2) is 18.4 Å². The fourth-order valence-corrected chi connectivity index (χ4v) is 1.83. The molecule has 1 aromatic carbocycles. The Hall–Kier alpha value is -2.44. The molecule has 10 heteroatoms. The highest BCUT2D eigenvalue weighted by Gasteiger charge is 2.71. The zero-order valence-corrected chi connectivity index (χ0v) is 10.6. The summed E-state index contributed by atoms with van der Waals surface area (Å²) in [5, 5.41) is 8.43. The number of carbonyl (C=O) groups excluding carboxylic acids is 1. The van der Waals surface area contributed by atoms with Gasteiger partial charge in [0.25, 0.3) is 0 Å². The van der Waals surface area contributed by atoms with Crippen LogP contribution in [0.2, 0.25) is 0 Å². The second-order valence-corrected chi connectivity index (χ2v) is 4.18. The minimum Gasteiger partial charge on any atom is -0.411 e. The van der Waals surface area contributed by atoms with Gasteiger partial charge >= 0.3 is 18.4 Å². The maximum absolute atomic E-state index is 13.1. The predicted molar refractivity (Wildman–Crippen MR) is 60.7 cm³/mol. The van der Waals surface area contributed by atoms with Crippen molar-refractivity contribution in [2.24, 2.45) is 5.73 Å². The lowest BCUT2D eigenvalue weighted by Gasteiger charge is -2.36. The molecular weight excluding hydrogens is 318 g/mol. The molecule has 1 rings (SSSR count). The van der Waals surface area contributed by atoms with Gasteiger partial charge in [0, 0.05) is 0 Å². The van der Waals surface area contributed by atoms with E-state index in [1.54, 1.807) is 0 Å². The minimum absolute atomic E-state index is 0.327. The number of amides is 1. The molecule has 4 nitrogen and oxygen atoms in total. The Bertz CT molecular complexity index is 572. The summed E-state index contributed by atoms with van der Waals surface area (Å²) in [7, 11) is 0. The minimum atomic E-state index is -5.74. The van der Waals surface area contributed by atoms with Crippen LogP contribution in [-0.2, 0) is 5.41 Å². The Morgan fingerprint density at radius 2 is 1.55 bits per heavy atom. The second-order valence-electron chi connectivity index (χ2n) is 4.18. The van der Waals surface area contributed by atoms with E-state index in [9.17, 15) is 31.1 Å². The molecule has 22 heavy (non-hydrogen) atoms. The summed E-state index contributed by atoms with van der Waals surface area (Å²) < 4.78 is 82.8. The number of hydrogen-bond donors (Lipinski definition) is 1. The van der Waals surface area contributed by atoms with Crippen molar-refractivity contribution in [1.82, 2.24) is 0 Å². The third kappa shape index (κ3) is 3.08. The number of hydrogen-bond acceptors (Lipinski definition) is 3. The number of alkyl halides is 6. The predicted octanol–water partition coefficient (Wildman–Crippen LogP) is 3.42. The van der Waals surface area contributed by atoms with Crippen molar-refractivity contribution in [3.63, 3.8) is 0 Å². The molecule has 2 N–H and O–H groups in total. The number of carbonyl (C=O) groups is 1. The fraction of sp³-hybridized carbons (Fsp3) is 0.333. The number of rotatable bonds is 3. The van der Waals surface area contributed by atoms with Crippen LogP contribution < -0.4 is 10.5 Å². The molecule has 0 aliphatic heterocycles. The van der Waals surface area contributed by atoms with Crippen LogP contribution in [0.3, 0.4) is 0 Å². The van der Waals surface area contributed by atoms with Gasteiger partial charge in [-0.25, -0.2) is 4.79 Å². The van der Waals surface area contributed by atoms with Crippen LogP contribution >= 0.6 is 0 Å². The quantitative estimate of drug-likeness (QED) is 0.865. The summed E-state index contributed by atoms with van der Waals surface area (Å²) in [5.41, 5.74) is -0.852. The molecule has 0 bridgehead atoms.